The van der Waals surface area contributed by atoms with Crippen LogP contribution in [0.3, 0.4) is 0 Å². The van der Waals surface area contributed by atoms with Gasteiger partial charge in [-0.1, -0.05) is 23.2 Å². The first-order valence-corrected chi connectivity index (χ1v) is 7.60. The van der Waals surface area contributed by atoms with Gasteiger partial charge in [0.05, 0.1) is 11.4 Å². The number of nitrogens with one attached hydrogen (secondary N) is 2. The minimum absolute atomic E-state index is 0.0337. The van der Waals surface area contributed by atoms with Gasteiger partial charge in [0.2, 0.25) is 11.8 Å². The molecule has 2 rings (SSSR count). The van der Waals surface area contributed by atoms with Crippen molar-refractivity contribution in [3.63, 3.8) is 0 Å². The summed E-state index contributed by atoms with van der Waals surface area (Å²) in [7, 11) is 0. The molecule has 0 aliphatic rings. The molecule has 0 saturated carbocycles. The number of amides is 2. The number of carbonyl (C=O) groups is 2. The zero-order valence-corrected chi connectivity index (χ0v) is 13.7. The van der Waals surface area contributed by atoms with Crippen molar-refractivity contribution in [2.24, 2.45) is 0 Å². The van der Waals surface area contributed by atoms with Crippen LogP contribution in [0.25, 0.3) is 0 Å². The van der Waals surface area contributed by atoms with E-state index in [1.165, 1.54) is 24.3 Å². The Hall–Kier alpha value is -2.18. The molecular formula is C16H12Cl2F2N2O2. The van der Waals surface area contributed by atoms with Gasteiger partial charge < -0.3 is 10.6 Å². The van der Waals surface area contributed by atoms with Crippen molar-refractivity contribution in [3.05, 3.63) is 58.1 Å². The Morgan fingerprint density at radius 3 is 1.50 bits per heavy atom. The van der Waals surface area contributed by atoms with E-state index in [0.29, 0.717) is 0 Å². The normalized spacial score (nSPS) is 10.3. The summed E-state index contributed by atoms with van der Waals surface area (Å²) in [5.74, 6) is -2.46. The van der Waals surface area contributed by atoms with Crippen molar-refractivity contribution in [2.75, 3.05) is 10.6 Å². The number of hydrogen-bond donors (Lipinski definition) is 2. The van der Waals surface area contributed by atoms with Crippen molar-refractivity contribution >= 4 is 46.4 Å². The molecule has 0 bridgehead atoms. The van der Waals surface area contributed by atoms with Gasteiger partial charge in [0.15, 0.2) is 0 Å². The van der Waals surface area contributed by atoms with E-state index in [-0.39, 0.29) is 34.3 Å². The van der Waals surface area contributed by atoms with Crippen molar-refractivity contribution in [2.45, 2.75) is 12.8 Å². The molecule has 24 heavy (non-hydrogen) atoms. The fourth-order valence-corrected chi connectivity index (χ4v) is 2.15. The third kappa shape index (κ3) is 5.18. The summed E-state index contributed by atoms with van der Waals surface area (Å²) < 4.78 is 27.1. The number of halogens is 4. The Morgan fingerprint density at radius 1 is 0.792 bits per heavy atom. The van der Waals surface area contributed by atoms with Crippen LogP contribution >= 0.6 is 23.2 Å². The Morgan fingerprint density at radius 2 is 1.17 bits per heavy atom. The van der Waals surface area contributed by atoms with E-state index in [2.05, 4.69) is 10.6 Å². The van der Waals surface area contributed by atoms with Gasteiger partial charge in [0.25, 0.3) is 0 Å². The molecule has 0 atom stereocenters. The monoisotopic (exact) mass is 372 g/mol. The topological polar surface area (TPSA) is 58.2 Å². The largest absolute Gasteiger partial charge is 0.324 e. The molecule has 0 radical (unpaired) electrons. The molecule has 2 N–H and O–H groups in total. The second-order valence-electron chi connectivity index (χ2n) is 4.84. The number of carbonyl (C=O) groups excluding carboxylic acids is 2. The third-order valence-electron chi connectivity index (χ3n) is 2.99. The molecule has 0 spiro atoms. The van der Waals surface area contributed by atoms with Crippen LogP contribution in [-0.2, 0) is 9.59 Å². The molecule has 0 heterocycles. The summed E-state index contributed by atoms with van der Waals surface area (Å²) in [6, 6.07) is 7.62. The first-order valence-electron chi connectivity index (χ1n) is 6.85. The molecular weight excluding hydrogens is 361 g/mol. The van der Waals surface area contributed by atoms with E-state index in [1.807, 2.05) is 0 Å². The van der Waals surface area contributed by atoms with Crippen molar-refractivity contribution in [1.29, 1.82) is 0 Å². The lowest BCUT2D eigenvalue weighted by Crippen LogP contribution is -2.18. The molecule has 8 heteroatoms. The van der Waals surface area contributed by atoms with Crippen molar-refractivity contribution < 1.29 is 18.4 Å². The van der Waals surface area contributed by atoms with Crippen LogP contribution in [0.5, 0.6) is 0 Å². The fraction of sp³-hybridized carbons (Fsp3) is 0.125. The van der Waals surface area contributed by atoms with Gasteiger partial charge in [-0.05, 0) is 36.4 Å². The number of hydrogen-bond acceptors (Lipinski definition) is 2. The van der Waals surface area contributed by atoms with E-state index in [4.69, 9.17) is 23.2 Å². The zero-order chi connectivity index (χ0) is 17.7. The summed E-state index contributed by atoms with van der Waals surface area (Å²) >= 11 is 11.2. The van der Waals surface area contributed by atoms with Crippen molar-refractivity contribution in [1.82, 2.24) is 0 Å². The number of anilines is 2. The molecule has 0 aliphatic carbocycles. The molecule has 4 nitrogen and oxygen atoms in total. The predicted molar refractivity (Wildman–Crippen MR) is 89.3 cm³/mol. The maximum atomic E-state index is 13.5. The molecule has 2 aromatic rings. The van der Waals surface area contributed by atoms with Gasteiger partial charge in [0, 0.05) is 22.9 Å². The van der Waals surface area contributed by atoms with E-state index in [9.17, 15) is 18.4 Å². The van der Waals surface area contributed by atoms with E-state index in [0.717, 1.165) is 12.1 Å². The van der Waals surface area contributed by atoms with Gasteiger partial charge in [-0.2, -0.15) is 0 Å². The van der Waals surface area contributed by atoms with Crippen LogP contribution < -0.4 is 10.6 Å². The van der Waals surface area contributed by atoms with Crippen LogP contribution in [-0.4, -0.2) is 11.8 Å². The average molecular weight is 373 g/mol. The molecule has 126 valence electrons. The lowest BCUT2D eigenvalue weighted by Gasteiger charge is -2.08. The predicted octanol–water partition coefficient (Wildman–Crippen LogP) is 4.63. The standard InChI is InChI=1S/C16H12Cl2F2N2O2/c17-9-1-3-13(11(19)7-9)21-15(23)5-6-16(24)22-14-4-2-10(18)8-12(14)20/h1-4,7-8H,5-6H2,(H,21,23)(H,22,24). The molecule has 0 aromatic heterocycles. The quantitative estimate of drug-likeness (QED) is 0.803. The van der Waals surface area contributed by atoms with Crippen LogP contribution in [0.1, 0.15) is 12.8 Å². The minimum atomic E-state index is -0.677. The van der Waals surface area contributed by atoms with E-state index >= 15 is 0 Å². The summed E-state index contributed by atoms with van der Waals surface area (Å²) in [6.45, 7) is 0. The van der Waals surface area contributed by atoms with Crippen LogP contribution in [0, 0.1) is 11.6 Å². The minimum Gasteiger partial charge on any atom is -0.324 e. The lowest BCUT2D eigenvalue weighted by atomic mass is 10.2. The number of benzene rings is 2. The van der Waals surface area contributed by atoms with Gasteiger partial charge >= 0.3 is 0 Å². The van der Waals surface area contributed by atoms with Crippen LogP contribution in [0.2, 0.25) is 10.0 Å². The molecule has 0 aliphatic heterocycles. The lowest BCUT2D eigenvalue weighted by molar-refractivity contribution is -0.121. The summed E-state index contributed by atoms with van der Waals surface area (Å²) in [5.41, 5.74) is -0.0675. The van der Waals surface area contributed by atoms with E-state index in [1.54, 1.807) is 0 Å². The highest BCUT2D eigenvalue weighted by Gasteiger charge is 2.12. The van der Waals surface area contributed by atoms with Gasteiger partial charge in [-0.25, -0.2) is 8.78 Å². The van der Waals surface area contributed by atoms with E-state index < -0.39 is 23.4 Å². The molecule has 0 unspecified atom stereocenters. The third-order valence-corrected chi connectivity index (χ3v) is 3.46. The highest BCUT2D eigenvalue weighted by atomic mass is 35.5. The smallest absolute Gasteiger partial charge is 0.224 e. The molecule has 0 fully saturated rings. The Balaban J connectivity index is 1.85. The SMILES string of the molecule is O=C(CCC(=O)Nc1ccc(Cl)cc1F)Nc1ccc(Cl)cc1F. The first kappa shape index (κ1) is 18.2. The summed E-state index contributed by atoms with van der Waals surface area (Å²) in [6.07, 6.45) is -0.383. The molecule has 2 aromatic carbocycles. The maximum Gasteiger partial charge on any atom is 0.224 e. The van der Waals surface area contributed by atoms with Crippen molar-refractivity contribution in [3.8, 4) is 0 Å². The second-order valence-corrected chi connectivity index (χ2v) is 5.72. The Kier molecular flexibility index (Phi) is 6.11. The Labute approximate surface area is 146 Å². The van der Waals surface area contributed by atoms with Gasteiger partial charge in [-0.15, -0.1) is 0 Å². The summed E-state index contributed by atoms with van der Waals surface area (Å²) in [5, 5.41) is 5.07. The van der Waals surface area contributed by atoms with Crippen LogP contribution in [0.15, 0.2) is 36.4 Å². The second kappa shape index (κ2) is 8.08. The summed E-state index contributed by atoms with van der Waals surface area (Å²) in [4.78, 5) is 23.5. The molecule has 2 amide bonds. The van der Waals surface area contributed by atoms with Crippen LogP contribution in [0.4, 0.5) is 20.2 Å². The first-order chi connectivity index (χ1) is 11.3. The maximum absolute atomic E-state index is 13.5. The van der Waals surface area contributed by atoms with Gasteiger partial charge in [0.1, 0.15) is 11.6 Å². The molecule has 0 saturated heterocycles. The zero-order valence-electron chi connectivity index (χ0n) is 12.2. The highest BCUT2D eigenvalue weighted by molar-refractivity contribution is 6.31. The Bertz CT molecular complexity index is 719. The fourth-order valence-electron chi connectivity index (χ4n) is 1.83. The average Bonchev–Trinajstić information content (AvgIpc) is 2.51. The van der Waals surface area contributed by atoms with Gasteiger partial charge in [-0.3, -0.25) is 9.59 Å². The highest BCUT2D eigenvalue weighted by Crippen LogP contribution is 2.20. The number of rotatable bonds is 5.